The highest BCUT2D eigenvalue weighted by atomic mass is 16.3. The van der Waals surface area contributed by atoms with Crippen LogP contribution in [0.15, 0.2) is 205 Å². The summed E-state index contributed by atoms with van der Waals surface area (Å²) in [5.74, 6) is 0. The molecule has 4 heteroatoms. The molecule has 0 unspecified atom stereocenters. The lowest BCUT2D eigenvalue weighted by Gasteiger charge is -2.09. The molecule has 0 radical (unpaired) electrons. The summed E-state index contributed by atoms with van der Waals surface area (Å²) in [4.78, 5) is 0. The first-order valence-electron chi connectivity index (χ1n) is 19.8. The molecule has 0 atom stereocenters. The fraction of sp³-hybridized carbons (Fsp3) is 0. The summed E-state index contributed by atoms with van der Waals surface area (Å²) in [6.45, 7) is 0. The lowest BCUT2D eigenvalue weighted by molar-refractivity contribution is 0.669. The molecule has 0 saturated heterocycles. The van der Waals surface area contributed by atoms with Gasteiger partial charge in [0, 0.05) is 66.2 Å². The molecule has 58 heavy (non-hydrogen) atoms. The molecule has 0 bridgehead atoms. The molecule has 0 amide bonds. The van der Waals surface area contributed by atoms with Gasteiger partial charge in [-0.2, -0.15) is 0 Å². The highest BCUT2D eigenvalue weighted by Gasteiger charge is 2.22. The number of benzene rings is 9. The fourth-order valence-electron chi connectivity index (χ4n) is 9.71. The molecule has 270 valence electrons. The molecule has 13 aromatic rings. The third-order valence-electron chi connectivity index (χ3n) is 12.2. The number of para-hydroxylation sites is 5. The number of furan rings is 1. The minimum atomic E-state index is 0.897. The number of hydrogen-bond acceptors (Lipinski definition) is 1. The summed E-state index contributed by atoms with van der Waals surface area (Å²) < 4.78 is 13.7. The SMILES string of the molecule is c1ccc(-n2c3ccc(-c4ccc5c(c4)c4c(ccc6c7ccccc7n(-c7ccccc7)c64)n5-c4ccccc4)cc3c3cc4c(cc32)oc2ccccc24)cc1. The number of nitrogens with zero attached hydrogens (tertiary/aromatic N) is 3. The van der Waals surface area contributed by atoms with E-state index in [1.807, 2.05) is 6.07 Å². The Hall–Kier alpha value is -7.82. The van der Waals surface area contributed by atoms with Crippen LogP contribution in [0.1, 0.15) is 0 Å². The predicted octanol–water partition coefficient (Wildman–Crippen LogP) is 14.5. The Morgan fingerprint density at radius 1 is 0.276 bits per heavy atom. The molecule has 0 fully saturated rings. The third-order valence-corrected chi connectivity index (χ3v) is 12.2. The van der Waals surface area contributed by atoms with Gasteiger partial charge < -0.3 is 18.1 Å². The van der Waals surface area contributed by atoms with Gasteiger partial charge in [-0.25, -0.2) is 0 Å². The first-order valence-corrected chi connectivity index (χ1v) is 19.8. The molecular weight excluding hydrogens is 707 g/mol. The Morgan fingerprint density at radius 2 is 0.793 bits per heavy atom. The normalized spacial score (nSPS) is 12.1. The first-order chi connectivity index (χ1) is 28.8. The van der Waals surface area contributed by atoms with Crippen molar-refractivity contribution in [1.82, 2.24) is 13.7 Å². The minimum Gasteiger partial charge on any atom is -0.456 e. The molecule has 4 nitrogen and oxygen atoms in total. The number of aromatic nitrogens is 3. The maximum absolute atomic E-state index is 6.42. The lowest BCUT2D eigenvalue weighted by atomic mass is 9.99. The molecular formula is C54H33N3O. The van der Waals surface area contributed by atoms with Crippen molar-refractivity contribution >= 4 is 87.4 Å². The second-order valence-electron chi connectivity index (χ2n) is 15.3. The highest BCUT2D eigenvalue weighted by Crippen LogP contribution is 2.44. The molecule has 0 N–H and O–H groups in total. The lowest BCUT2D eigenvalue weighted by Crippen LogP contribution is -1.95. The van der Waals surface area contributed by atoms with E-state index in [1.165, 1.54) is 65.5 Å². The molecule has 0 spiro atoms. The smallest absolute Gasteiger partial charge is 0.137 e. The van der Waals surface area contributed by atoms with Crippen molar-refractivity contribution in [3.8, 4) is 28.2 Å². The Labute approximate surface area is 332 Å². The highest BCUT2D eigenvalue weighted by molar-refractivity contribution is 6.26. The van der Waals surface area contributed by atoms with E-state index in [2.05, 4.69) is 208 Å². The van der Waals surface area contributed by atoms with E-state index in [0.717, 1.165) is 50.0 Å². The third kappa shape index (κ3) is 4.34. The average molecular weight is 740 g/mol. The monoisotopic (exact) mass is 739 g/mol. The van der Waals surface area contributed by atoms with E-state index in [1.54, 1.807) is 0 Å². The Kier molecular flexibility index (Phi) is 6.41. The van der Waals surface area contributed by atoms with Crippen molar-refractivity contribution in [1.29, 1.82) is 0 Å². The van der Waals surface area contributed by atoms with Gasteiger partial charge in [-0.15, -0.1) is 0 Å². The van der Waals surface area contributed by atoms with Crippen LogP contribution in [0.3, 0.4) is 0 Å². The number of hydrogen-bond donors (Lipinski definition) is 0. The van der Waals surface area contributed by atoms with E-state index in [4.69, 9.17) is 4.42 Å². The quantitative estimate of drug-likeness (QED) is 0.177. The van der Waals surface area contributed by atoms with Crippen LogP contribution >= 0.6 is 0 Å². The topological polar surface area (TPSA) is 27.9 Å². The summed E-state index contributed by atoms with van der Waals surface area (Å²) in [5.41, 5.74) is 14.7. The molecule has 4 heterocycles. The molecule has 0 aliphatic rings. The summed E-state index contributed by atoms with van der Waals surface area (Å²) in [6, 6.07) is 72.5. The summed E-state index contributed by atoms with van der Waals surface area (Å²) in [6.07, 6.45) is 0. The standard InChI is InChI=1S/C54H33N3O/c1-4-14-36(15-5-1)55-48-28-25-35(31-45(48)53-49(55)29-26-41-39-20-10-12-22-46(39)57(54(41)53)38-18-8-3-9-19-38)34-24-27-47-42(30-34)43-32-44-40-21-11-13-23-51(40)58-52(44)33-50(43)56(47)37-16-6-2-7-17-37/h1-33H. The van der Waals surface area contributed by atoms with Crippen LogP contribution in [0.2, 0.25) is 0 Å². The van der Waals surface area contributed by atoms with Crippen LogP contribution in [-0.4, -0.2) is 13.7 Å². The molecule has 9 aromatic carbocycles. The van der Waals surface area contributed by atoms with Crippen molar-refractivity contribution in [2.45, 2.75) is 0 Å². The van der Waals surface area contributed by atoms with Gasteiger partial charge in [-0.3, -0.25) is 0 Å². The van der Waals surface area contributed by atoms with Crippen LogP contribution in [0.25, 0.3) is 116 Å². The minimum absolute atomic E-state index is 0.897. The summed E-state index contributed by atoms with van der Waals surface area (Å²) in [5, 5.41) is 9.65. The maximum Gasteiger partial charge on any atom is 0.137 e. The fourth-order valence-corrected chi connectivity index (χ4v) is 9.71. The Bertz CT molecular complexity index is 3770. The van der Waals surface area contributed by atoms with E-state index >= 15 is 0 Å². The molecule has 0 aliphatic heterocycles. The van der Waals surface area contributed by atoms with Crippen LogP contribution in [0.4, 0.5) is 0 Å². The zero-order chi connectivity index (χ0) is 37.9. The average Bonchev–Trinajstić information content (AvgIpc) is 4.02. The van der Waals surface area contributed by atoms with Gasteiger partial charge in [0.25, 0.3) is 0 Å². The van der Waals surface area contributed by atoms with Crippen molar-refractivity contribution < 1.29 is 4.42 Å². The van der Waals surface area contributed by atoms with Crippen LogP contribution in [0, 0.1) is 0 Å². The van der Waals surface area contributed by atoms with Crippen molar-refractivity contribution in [3.05, 3.63) is 200 Å². The van der Waals surface area contributed by atoms with Crippen molar-refractivity contribution in [2.75, 3.05) is 0 Å². The van der Waals surface area contributed by atoms with E-state index in [9.17, 15) is 0 Å². The predicted molar refractivity (Wildman–Crippen MR) is 242 cm³/mol. The van der Waals surface area contributed by atoms with Gasteiger partial charge in [0.2, 0.25) is 0 Å². The molecule has 13 rings (SSSR count). The second kappa shape index (κ2) is 11.8. The summed E-state index contributed by atoms with van der Waals surface area (Å²) in [7, 11) is 0. The molecule has 0 aliphatic carbocycles. The Morgan fingerprint density at radius 3 is 1.50 bits per heavy atom. The first kappa shape index (κ1) is 31.4. The van der Waals surface area contributed by atoms with Gasteiger partial charge in [0.15, 0.2) is 0 Å². The van der Waals surface area contributed by atoms with Gasteiger partial charge in [-0.05, 0) is 96.1 Å². The Balaban J connectivity index is 1.12. The second-order valence-corrected chi connectivity index (χ2v) is 15.3. The largest absolute Gasteiger partial charge is 0.456 e. The zero-order valence-electron chi connectivity index (χ0n) is 31.3. The van der Waals surface area contributed by atoms with E-state index in [-0.39, 0.29) is 0 Å². The van der Waals surface area contributed by atoms with E-state index < -0.39 is 0 Å². The summed E-state index contributed by atoms with van der Waals surface area (Å²) >= 11 is 0. The van der Waals surface area contributed by atoms with Gasteiger partial charge in [0.1, 0.15) is 11.2 Å². The van der Waals surface area contributed by atoms with Gasteiger partial charge in [0.05, 0.1) is 33.1 Å². The number of rotatable bonds is 4. The van der Waals surface area contributed by atoms with Crippen molar-refractivity contribution in [2.24, 2.45) is 0 Å². The van der Waals surface area contributed by atoms with Gasteiger partial charge >= 0.3 is 0 Å². The zero-order valence-corrected chi connectivity index (χ0v) is 31.3. The molecule has 4 aromatic heterocycles. The van der Waals surface area contributed by atoms with Crippen LogP contribution < -0.4 is 0 Å². The van der Waals surface area contributed by atoms with Crippen LogP contribution in [-0.2, 0) is 0 Å². The van der Waals surface area contributed by atoms with Crippen molar-refractivity contribution in [3.63, 3.8) is 0 Å². The van der Waals surface area contributed by atoms with Gasteiger partial charge in [-0.1, -0.05) is 109 Å². The number of fused-ring (bicyclic) bond motifs is 13. The van der Waals surface area contributed by atoms with E-state index in [0.29, 0.717) is 0 Å². The maximum atomic E-state index is 6.42. The van der Waals surface area contributed by atoms with Crippen LogP contribution in [0.5, 0.6) is 0 Å². The molecule has 0 saturated carbocycles.